The highest BCUT2D eigenvalue weighted by atomic mass is 32.2. The first-order chi connectivity index (χ1) is 20.5. The van der Waals surface area contributed by atoms with Crippen LogP contribution < -0.4 is 10.6 Å². The van der Waals surface area contributed by atoms with Gasteiger partial charge in [-0.15, -0.1) is 11.8 Å². The van der Waals surface area contributed by atoms with Crippen LogP contribution in [0.15, 0.2) is 58.9 Å². The zero-order valence-corrected chi connectivity index (χ0v) is 25.1. The number of aryl methyl sites for hydroxylation is 1. The fourth-order valence-electron chi connectivity index (χ4n) is 6.29. The Balaban J connectivity index is 1.76. The van der Waals surface area contributed by atoms with E-state index in [1.165, 1.54) is 34.5 Å². The number of thioether (sulfide) groups is 1. The quantitative estimate of drug-likeness (QED) is 0.306. The van der Waals surface area contributed by atoms with Gasteiger partial charge in [-0.1, -0.05) is 38.6 Å². The molecule has 43 heavy (non-hydrogen) atoms. The molecular weight excluding hydrogens is 572 g/mol. The number of carbonyl (C=O) groups is 1. The molecule has 2 aliphatic rings. The first-order valence-corrected chi connectivity index (χ1v) is 15.1. The molecule has 2 aliphatic heterocycles. The lowest BCUT2D eigenvalue weighted by molar-refractivity contribution is -0.127. The number of piperazine rings is 1. The molecule has 0 radical (unpaired) electrons. The van der Waals surface area contributed by atoms with Crippen molar-refractivity contribution in [3.8, 4) is 22.6 Å². The van der Waals surface area contributed by atoms with E-state index >= 15 is 8.78 Å². The molecule has 2 atom stereocenters. The largest absolute Gasteiger partial charge is 0.507 e. The molecule has 11 heteroatoms. The third-order valence-corrected chi connectivity index (χ3v) is 9.41. The number of anilines is 1. The third-order valence-electron chi connectivity index (χ3n) is 8.18. The zero-order valence-electron chi connectivity index (χ0n) is 24.3. The van der Waals surface area contributed by atoms with Crippen LogP contribution in [0.5, 0.6) is 5.75 Å². The molecule has 1 N–H and O–H groups in total. The average Bonchev–Trinajstić information content (AvgIpc) is 3.13. The second-order valence-corrected chi connectivity index (χ2v) is 12.3. The lowest BCUT2D eigenvalue weighted by Gasteiger charge is -2.45. The number of benzene rings is 2. The Morgan fingerprint density at radius 1 is 1.19 bits per heavy atom. The minimum atomic E-state index is -0.983. The SMILES string of the molecule is C=CC(=O)N1CC(C)N2c3nc(=O)n(-c4c(C)ccnc4C(C)C)c4c(F)c(-c5ccccc5O)c(F)c(c34)SCC2C1. The molecule has 4 heterocycles. The molecule has 8 nitrogen and oxygen atoms in total. The second kappa shape index (κ2) is 10.8. The molecule has 0 bridgehead atoms. The summed E-state index contributed by atoms with van der Waals surface area (Å²) < 4.78 is 35.0. The van der Waals surface area contributed by atoms with Crippen molar-refractivity contribution in [3.05, 3.63) is 82.6 Å². The summed E-state index contributed by atoms with van der Waals surface area (Å²) >= 11 is 1.19. The first kappa shape index (κ1) is 28.9. The summed E-state index contributed by atoms with van der Waals surface area (Å²) in [5.41, 5.74) is 0.312. The van der Waals surface area contributed by atoms with Crippen LogP contribution in [-0.4, -0.2) is 61.4 Å². The molecule has 1 fully saturated rings. The van der Waals surface area contributed by atoms with E-state index in [-0.39, 0.29) is 56.8 Å². The molecule has 0 saturated carbocycles. The van der Waals surface area contributed by atoms with Crippen LogP contribution in [0, 0.1) is 18.6 Å². The van der Waals surface area contributed by atoms with Gasteiger partial charge in [0.15, 0.2) is 5.82 Å². The number of pyridine rings is 1. The van der Waals surface area contributed by atoms with Gasteiger partial charge in [-0.25, -0.2) is 13.6 Å². The molecule has 0 spiro atoms. The van der Waals surface area contributed by atoms with E-state index in [1.807, 2.05) is 32.6 Å². The maximum atomic E-state index is 17.1. The predicted octanol–water partition coefficient (Wildman–Crippen LogP) is 5.56. The fourth-order valence-corrected chi connectivity index (χ4v) is 7.47. The molecule has 222 valence electrons. The summed E-state index contributed by atoms with van der Waals surface area (Å²) in [4.78, 5) is 39.5. The summed E-state index contributed by atoms with van der Waals surface area (Å²) in [7, 11) is 0. The predicted molar refractivity (Wildman–Crippen MR) is 164 cm³/mol. The Labute approximate surface area is 251 Å². The van der Waals surface area contributed by atoms with Crippen LogP contribution in [0.4, 0.5) is 14.6 Å². The molecule has 6 rings (SSSR count). The van der Waals surface area contributed by atoms with Gasteiger partial charge in [-0.2, -0.15) is 4.98 Å². The van der Waals surface area contributed by atoms with Crippen molar-refractivity contribution in [1.29, 1.82) is 0 Å². The van der Waals surface area contributed by atoms with Gasteiger partial charge < -0.3 is 14.9 Å². The van der Waals surface area contributed by atoms with E-state index < -0.39 is 22.9 Å². The number of aromatic hydroxyl groups is 1. The molecular formula is C32H31F2N5O3S. The number of phenolic OH excluding ortho intramolecular Hbond substituents is 1. The molecule has 1 amide bonds. The lowest BCUT2D eigenvalue weighted by atomic mass is 9.99. The standard InChI is InChI=1S/C32H31F2N5O3S/c1-6-22(41)37-13-18(5)38-19(14-37)15-43-30-24-29(25(33)23(26(30)34)20-9-7-8-10-21(20)40)39(32(42)36-31(24)38)28-17(4)11-12-35-27(28)16(2)3/h6-12,16,18-19,40H,1,13-15H2,2-5H3. The van der Waals surface area contributed by atoms with E-state index in [0.29, 0.717) is 35.8 Å². The van der Waals surface area contributed by atoms with Crippen molar-refractivity contribution in [2.45, 2.75) is 50.6 Å². The van der Waals surface area contributed by atoms with Crippen molar-refractivity contribution in [2.24, 2.45) is 0 Å². The van der Waals surface area contributed by atoms with Crippen LogP contribution in [-0.2, 0) is 4.79 Å². The number of aromatic nitrogens is 3. The molecule has 0 aliphatic carbocycles. The Morgan fingerprint density at radius 2 is 1.93 bits per heavy atom. The highest BCUT2D eigenvalue weighted by Gasteiger charge is 2.40. The molecule has 4 aromatic rings. The van der Waals surface area contributed by atoms with Crippen LogP contribution in [0.3, 0.4) is 0 Å². The first-order valence-electron chi connectivity index (χ1n) is 14.1. The van der Waals surface area contributed by atoms with Gasteiger partial charge in [-0.3, -0.25) is 14.3 Å². The molecule has 1 saturated heterocycles. The van der Waals surface area contributed by atoms with Gasteiger partial charge in [0.1, 0.15) is 17.4 Å². The maximum Gasteiger partial charge on any atom is 0.354 e. The summed E-state index contributed by atoms with van der Waals surface area (Å²) in [6.07, 6.45) is 2.90. The summed E-state index contributed by atoms with van der Waals surface area (Å²) in [6.45, 7) is 11.8. The monoisotopic (exact) mass is 603 g/mol. The number of amides is 1. The van der Waals surface area contributed by atoms with Crippen molar-refractivity contribution in [1.82, 2.24) is 19.4 Å². The minimum Gasteiger partial charge on any atom is -0.507 e. The number of halogens is 2. The smallest absolute Gasteiger partial charge is 0.354 e. The van der Waals surface area contributed by atoms with Crippen molar-refractivity contribution < 1.29 is 18.7 Å². The van der Waals surface area contributed by atoms with Gasteiger partial charge in [-0.05, 0) is 43.5 Å². The summed E-state index contributed by atoms with van der Waals surface area (Å²) in [5, 5.41) is 10.9. The summed E-state index contributed by atoms with van der Waals surface area (Å²) in [6, 6.07) is 7.06. The number of fused-ring (bicyclic) bond motifs is 2. The minimum absolute atomic E-state index is 0.0290. The Hall–Kier alpha value is -4.25. The number of phenols is 1. The highest BCUT2D eigenvalue weighted by molar-refractivity contribution is 7.99. The number of carbonyl (C=O) groups excluding carboxylic acids is 1. The number of nitrogens with zero attached hydrogens (tertiary/aromatic N) is 5. The fraction of sp³-hybridized carbons (Fsp3) is 0.312. The molecule has 2 aromatic heterocycles. The number of rotatable bonds is 4. The van der Waals surface area contributed by atoms with E-state index in [1.54, 1.807) is 29.3 Å². The van der Waals surface area contributed by atoms with Gasteiger partial charge in [0.25, 0.3) is 0 Å². The number of hydrogen-bond acceptors (Lipinski definition) is 7. The Morgan fingerprint density at radius 3 is 2.63 bits per heavy atom. The van der Waals surface area contributed by atoms with Gasteiger partial charge in [0.05, 0.1) is 38.8 Å². The summed E-state index contributed by atoms with van der Waals surface area (Å²) in [5.74, 6) is -1.95. The zero-order chi connectivity index (χ0) is 30.7. The van der Waals surface area contributed by atoms with Crippen LogP contribution >= 0.6 is 11.8 Å². The average molecular weight is 604 g/mol. The normalized spacial score (nSPS) is 18.1. The van der Waals surface area contributed by atoms with Crippen LogP contribution in [0.1, 0.15) is 37.9 Å². The third kappa shape index (κ3) is 4.48. The van der Waals surface area contributed by atoms with Gasteiger partial charge >= 0.3 is 5.69 Å². The van der Waals surface area contributed by atoms with Crippen LogP contribution in [0.2, 0.25) is 0 Å². The van der Waals surface area contributed by atoms with Crippen LogP contribution in [0.25, 0.3) is 27.7 Å². The van der Waals surface area contributed by atoms with Gasteiger partial charge in [0.2, 0.25) is 5.91 Å². The van der Waals surface area contributed by atoms with E-state index in [9.17, 15) is 14.7 Å². The van der Waals surface area contributed by atoms with E-state index in [0.717, 1.165) is 0 Å². The highest BCUT2D eigenvalue weighted by Crippen LogP contribution is 2.48. The number of hydrogen-bond donors (Lipinski definition) is 1. The topological polar surface area (TPSA) is 91.6 Å². The Kier molecular flexibility index (Phi) is 7.24. The van der Waals surface area contributed by atoms with E-state index in [4.69, 9.17) is 0 Å². The molecule has 2 aromatic carbocycles. The maximum absolute atomic E-state index is 17.1. The van der Waals surface area contributed by atoms with Crippen molar-refractivity contribution >= 4 is 34.4 Å². The number of para-hydroxylation sites is 1. The molecule has 2 unspecified atom stereocenters. The van der Waals surface area contributed by atoms with Crippen molar-refractivity contribution in [2.75, 3.05) is 23.7 Å². The Bertz CT molecular complexity index is 1870. The van der Waals surface area contributed by atoms with Gasteiger partial charge in [0, 0.05) is 36.6 Å². The second-order valence-electron chi connectivity index (χ2n) is 11.3. The van der Waals surface area contributed by atoms with E-state index in [2.05, 4.69) is 16.5 Å². The lowest BCUT2D eigenvalue weighted by Crippen LogP contribution is -2.60. The van der Waals surface area contributed by atoms with Crippen molar-refractivity contribution in [3.63, 3.8) is 0 Å².